The summed E-state index contributed by atoms with van der Waals surface area (Å²) in [6.45, 7) is 0.577. The first kappa shape index (κ1) is 13.6. The first-order chi connectivity index (χ1) is 10.1. The fourth-order valence-corrected chi connectivity index (χ4v) is 2.63. The van der Waals surface area contributed by atoms with Crippen molar-refractivity contribution in [1.82, 2.24) is 0 Å². The van der Waals surface area contributed by atoms with Crippen LogP contribution in [0.1, 0.15) is 5.56 Å². The molecule has 0 aliphatic carbocycles. The first-order valence-corrected chi connectivity index (χ1v) is 7.07. The number of nitro groups is 1. The Morgan fingerprint density at radius 3 is 2.81 bits per heavy atom. The van der Waals surface area contributed by atoms with Gasteiger partial charge in [-0.25, -0.2) is 0 Å². The zero-order valence-corrected chi connectivity index (χ0v) is 12.5. The standard InChI is InChI=1S/C15H11BrN2O3/c16-13-7-11(18(19)20)5-6-14(13)17-8-10-9-21-15-4-2-1-3-12(10)15/h1-7,9,17H,8H2. The van der Waals surface area contributed by atoms with E-state index in [4.69, 9.17) is 4.42 Å². The van der Waals surface area contributed by atoms with Gasteiger partial charge in [-0.1, -0.05) is 18.2 Å². The molecular weight excluding hydrogens is 336 g/mol. The molecule has 1 N–H and O–H groups in total. The molecule has 21 heavy (non-hydrogen) atoms. The minimum atomic E-state index is -0.419. The van der Waals surface area contributed by atoms with Crippen LogP contribution in [0.15, 0.2) is 57.6 Å². The van der Waals surface area contributed by atoms with E-state index in [0.29, 0.717) is 11.0 Å². The number of fused-ring (bicyclic) bond motifs is 1. The van der Waals surface area contributed by atoms with Crippen LogP contribution >= 0.6 is 15.9 Å². The number of hydrogen-bond acceptors (Lipinski definition) is 4. The Bertz CT molecular complexity index is 814. The average Bonchev–Trinajstić information content (AvgIpc) is 2.89. The van der Waals surface area contributed by atoms with Crippen molar-refractivity contribution in [1.29, 1.82) is 0 Å². The molecule has 0 saturated heterocycles. The predicted molar refractivity (Wildman–Crippen MR) is 84.3 cm³/mol. The summed E-state index contributed by atoms with van der Waals surface area (Å²) in [6, 6.07) is 12.4. The highest BCUT2D eigenvalue weighted by Gasteiger charge is 2.10. The van der Waals surface area contributed by atoms with Crippen molar-refractivity contribution in [2.75, 3.05) is 5.32 Å². The van der Waals surface area contributed by atoms with Gasteiger partial charge in [0.15, 0.2) is 0 Å². The second-order valence-corrected chi connectivity index (χ2v) is 5.39. The van der Waals surface area contributed by atoms with Crippen LogP contribution in [-0.4, -0.2) is 4.92 Å². The van der Waals surface area contributed by atoms with Crippen LogP contribution in [0.2, 0.25) is 0 Å². The molecule has 0 fully saturated rings. The van der Waals surface area contributed by atoms with Crippen molar-refractivity contribution in [2.24, 2.45) is 0 Å². The average molecular weight is 347 g/mol. The van der Waals surface area contributed by atoms with Crippen LogP contribution in [0.4, 0.5) is 11.4 Å². The normalized spacial score (nSPS) is 10.7. The summed E-state index contributed by atoms with van der Waals surface area (Å²) in [5.74, 6) is 0. The molecule has 0 saturated carbocycles. The topological polar surface area (TPSA) is 68.3 Å². The lowest BCUT2D eigenvalue weighted by Crippen LogP contribution is -2.00. The largest absolute Gasteiger partial charge is 0.464 e. The number of nitrogens with one attached hydrogen (secondary N) is 1. The third-order valence-corrected chi connectivity index (χ3v) is 3.85. The lowest BCUT2D eigenvalue weighted by molar-refractivity contribution is -0.384. The van der Waals surface area contributed by atoms with E-state index in [1.54, 1.807) is 12.3 Å². The SMILES string of the molecule is O=[N+]([O-])c1ccc(NCc2coc3ccccc23)c(Br)c1. The Hall–Kier alpha value is -2.34. The van der Waals surface area contributed by atoms with Gasteiger partial charge in [0.05, 0.1) is 11.2 Å². The van der Waals surface area contributed by atoms with E-state index < -0.39 is 4.92 Å². The number of furan rings is 1. The molecule has 5 nitrogen and oxygen atoms in total. The molecule has 0 spiro atoms. The van der Waals surface area contributed by atoms with Crippen molar-refractivity contribution in [3.8, 4) is 0 Å². The summed E-state index contributed by atoms with van der Waals surface area (Å²) in [5.41, 5.74) is 2.74. The van der Waals surface area contributed by atoms with Crippen molar-refractivity contribution >= 4 is 38.3 Å². The molecule has 0 aliphatic rings. The smallest absolute Gasteiger partial charge is 0.270 e. The maximum Gasteiger partial charge on any atom is 0.270 e. The van der Waals surface area contributed by atoms with E-state index in [-0.39, 0.29) is 5.69 Å². The minimum Gasteiger partial charge on any atom is -0.464 e. The van der Waals surface area contributed by atoms with E-state index in [1.807, 2.05) is 24.3 Å². The molecule has 2 aromatic carbocycles. The van der Waals surface area contributed by atoms with E-state index in [1.165, 1.54) is 12.1 Å². The Kier molecular flexibility index (Phi) is 3.62. The van der Waals surface area contributed by atoms with Gasteiger partial charge in [-0.2, -0.15) is 0 Å². The molecule has 0 bridgehead atoms. The number of nitro benzene ring substituents is 1. The van der Waals surface area contributed by atoms with Crippen LogP contribution < -0.4 is 5.32 Å². The Morgan fingerprint density at radius 1 is 1.24 bits per heavy atom. The molecule has 1 aromatic heterocycles. The molecule has 0 unspecified atom stereocenters. The Labute approximate surface area is 128 Å². The van der Waals surface area contributed by atoms with Crippen LogP contribution in [0, 0.1) is 10.1 Å². The second kappa shape index (κ2) is 5.57. The second-order valence-electron chi connectivity index (χ2n) is 4.53. The van der Waals surface area contributed by atoms with Crippen molar-refractivity contribution in [2.45, 2.75) is 6.54 Å². The summed E-state index contributed by atoms with van der Waals surface area (Å²) in [7, 11) is 0. The first-order valence-electron chi connectivity index (χ1n) is 6.28. The van der Waals surface area contributed by atoms with Gasteiger partial charge in [-0.15, -0.1) is 0 Å². The van der Waals surface area contributed by atoms with E-state index in [0.717, 1.165) is 22.2 Å². The maximum absolute atomic E-state index is 10.7. The molecule has 1 heterocycles. The highest BCUT2D eigenvalue weighted by atomic mass is 79.9. The van der Waals surface area contributed by atoms with Gasteiger partial charge >= 0.3 is 0 Å². The number of hydrogen-bond donors (Lipinski definition) is 1. The molecule has 0 aliphatic heterocycles. The summed E-state index contributed by atoms with van der Waals surface area (Å²) in [6.07, 6.45) is 1.72. The fourth-order valence-electron chi connectivity index (χ4n) is 2.12. The fraction of sp³-hybridized carbons (Fsp3) is 0.0667. The highest BCUT2D eigenvalue weighted by Crippen LogP contribution is 2.28. The number of halogens is 1. The van der Waals surface area contributed by atoms with Crippen LogP contribution in [0.5, 0.6) is 0 Å². The summed E-state index contributed by atoms with van der Waals surface area (Å²) >= 11 is 3.34. The molecule has 6 heteroatoms. The lowest BCUT2D eigenvalue weighted by atomic mass is 10.2. The molecule has 3 aromatic rings. The van der Waals surface area contributed by atoms with Gasteiger partial charge in [0.25, 0.3) is 5.69 Å². The third-order valence-electron chi connectivity index (χ3n) is 3.19. The van der Waals surface area contributed by atoms with Crippen molar-refractivity contribution in [3.63, 3.8) is 0 Å². The summed E-state index contributed by atoms with van der Waals surface area (Å²) in [4.78, 5) is 10.3. The maximum atomic E-state index is 10.7. The van der Waals surface area contributed by atoms with Gasteiger partial charge in [0.1, 0.15) is 5.58 Å². The molecule has 3 rings (SSSR count). The van der Waals surface area contributed by atoms with E-state index in [9.17, 15) is 10.1 Å². The molecular formula is C15H11BrN2O3. The summed E-state index contributed by atoms with van der Waals surface area (Å²) in [5, 5.41) is 15.0. The van der Waals surface area contributed by atoms with Crippen molar-refractivity contribution in [3.05, 3.63) is 68.9 Å². The number of anilines is 1. The number of para-hydroxylation sites is 1. The van der Waals surface area contributed by atoms with E-state index >= 15 is 0 Å². The van der Waals surface area contributed by atoms with Gasteiger partial charge in [0, 0.05) is 39.8 Å². The predicted octanol–water partition coefficient (Wildman–Crippen LogP) is 4.72. The molecule has 0 atom stereocenters. The highest BCUT2D eigenvalue weighted by molar-refractivity contribution is 9.10. The van der Waals surface area contributed by atoms with E-state index in [2.05, 4.69) is 21.2 Å². The quantitative estimate of drug-likeness (QED) is 0.548. The zero-order valence-electron chi connectivity index (χ0n) is 10.9. The van der Waals surface area contributed by atoms with Gasteiger partial charge in [0.2, 0.25) is 0 Å². The molecule has 0 radical (unpaired) electrons. The third kappa shape index (κ3) is 2.75. The number of rotatable bonds is 4. The molecule has 0 amide bonds. The van der Waals surface area contributed by atoms with Gasteiger partial charge < -0.3 is 9.73 Å². The zero-order chi connectivity index (χ0) is 14.8. The number of non-ortho nitro benzene ring substituents is 1. The van der Waals surface area contributed by atoms with Gasteiger partial charge in [-0.3, -0.25) is 10.1 Å². The van der Waals surface area contributed by atoms with Gasteiger partial charge in [-0.05, 0) is 28.1 Å². The number of benzene rings is 2. The van der Waals surface area contributed by atoms with Crippen LogP contribution in [-0.2, 0) is 6.54 Å². The van der Waals surface area contributed by atoms with Crippen molar-refractivity contribution < 1.29 is 9.34 Å². The molecule has 106 valence electrons. The number of nitrogens with zero attached hydrogens (tertiary/aromatic N) is 1. The minimum absolute atomic E-state index is 0.0567. The monoisotopic (exact) mass is 346 g/mol. The Balaban J connectivity index is 1.80. The lowest BCUT2D eigenvalue weighted by Gasteiger charge is -2.07. The van der Waals surface area contributed by atoms with Crippen LogP contribution in [0.25, 0.3) is 11.0 Å². The summed E-state index contributed by atoms with van der Waals surface area (Å²) < 4.78 is 6.13. The Morgan fingerprint density at radius 2 is 2.05 bits per heavy atom. The van der Waals surface area contributed by atoms with Crippen LogP contribution in [0.3, 0.4) is 0 Å².